The standard InChI is InChI=1S/C41H76S3/c1-5-9-12-15-18-21-24-27-30-33-42-39-36-38(8-4)37-40(43-34-31-28-25-22-19-16-13-10-6-2)41(39)44-35-32-29-26-23-20-17-14-11-7-3/h36-37H,5-35H2,1-4H3. The molecule has 0 N–H and O–H groups in total. The summed E-state index contributed by atoms with van der Waals surface area (Å²) in [4.78, 5) is 4.82. The molecule has 258 valence electrons. The smallest absolute Gasteiger partial charge is 0.0344 e. The Hall–Kier alpha value is 0.270. The molecule has 3 heteroatoms. The topological polar surface area (TPSA) is 0 Å². The fraction of sp³-hybridized carbons (Fsp3) is 0.854. The van der Waals surface area contributed by atoms with Gasteiger partial charge in [0.25, 0.3) is 0 Å². The highest BCUT2D eigenvalue weighted by molar-refractivity contribution is 8.03. The van der Waals surface area contributed by atoms with Crippen LogP contribution >= 0.6 is 35.3 Å². The summed E-state index contributed by atoms with van der Waals surface area (Å²) in [6, 6.07) is 5.11. The molecule has 44 heavy (non-hydrogen) atoms. The lowest BCUT2D eigenvalue weighted by atomic mass is 10.1. The van der Waals surface area contributed by atoms with Gasteiger partial charge in [-0.2, -0.15) is 0 Å². The molecule has 0 aliphatic rings. The van der Waals surface area contributed by atoms with Gasteiger partial charge in [-0.15, -0.1) is 35.3 Å². The van der Waals surface area contributed by atoms with E-state index in [2.05, 4.69) is 75.1 Å². The molecule has 0 aliphatic carbocycles. The molecule has 0 fully saturated rings. The van der Waals surface area contributed by atoms with Crippen LogP contribution in [0.5, 0.6) is 0 Å². The maximum atomic E-state index is 2.56. The molecule has 0 heterocycles. The summed E-state index contributed by atoms with van der Waals surface area (Å²) in [7, 11) is 0. The van der Waals surface area contributed by atoms with E-state index in [1.54, 1.807) is 20.2 Å². The van der Waals surface area contributed by atoms with E-state index >= 15 is 0 Å². The number of rotatable bonds is 34. The van der Waals surface area contributed by atoms with Crippen LogP contribution in [0, 0.1) is 0 Å². The zero-order chi connectivity index (χ0) is 31.8. The third-order valence-electron chi connectivity index (χ3n) is 8.99. The van der Waals surface area contributed by atoms with Gasteiger partial charge in [0.05, 0.1) is 0 Å². The molecule has 0 spiro atoms. The number of hydrogen-bond donors (Lipinski definition) is 0. The minimum Gasteiger partial charge on any atom is -0.125 e. The summed E-state index contributed by atoms with van der Waals surface area (Å²) >= 11 is 6.53. The van der Waals surface area contributed by atoms with Gasteiger partial charge < -0.3 is 0 Å². The number of hydrogen-bond acceptors (Lipinski definition) is 3. The number of benzene rings is 1. The van der Waals surface area contributed by atoms with Gasteiger partial charge in [-0.3, -0.25) is 0 Å². The zero-order valence-electron chi connectivity index (χ0n) is 30.3. The molecule has 1 rings (SSSR count). The quantitative estimate of drug-likeness (QED) is 0.0531. The minimum absolute atomic E-state index is 1.15. The van der Waals surface area contributed by atoms with Crippen molar-refractivity contribution in [1.29, 1.82) is 0 Å². The lowest BCUT2D eigenvalue weighted by Gasteiger charge is -2.16. The van der Waals surface area contributed by atoms with E-state index in [0.717, 1.165) is 6.42 Å². The van der Waals surface area contributed by atoms with Gasteiger partial charge >= 0.3 is 0 Å². The molecule has 0 nitrogen and oxygen atoms in total. The highest BCUT2D eigenvalue weighted by atomic mass is 32.2. The lowest BCUT2D eigenvalue weighted by Crippen LogP contribution is -1.94. The zero-order valence-corrected chi connectivity index (χ0v) is 32.7. The molecule has 0 radical (unpaired) electrons. The first-order chi connectivity index (χ1) is 21.8. The number of thioether (sulfide) groups is 3. The molecule has 1 aromatic carbocycles. The molecule has 0 aliphatic heterocycles. The van der Waals surface area contributed by atoms with Gasteiger partial charge in [0, 0.05) is 14.7 Å². The van der Waals surface area contributed by atoms with E-state index in [0.29, 0.717) is 0 Å². The summed E-state index contributed by atoms with van der Waals surface area (Å²) in [5, 5.41) is 0. The second kappa shape index (κ2) is 33.2. The SMILES string of the molecule is CCCCCCCCCCCSc1cc(CC)cc(SCCCCCCCCCCC)c1SCCCCCCCCCCC. The van der Waals surface area contributed by atoms with E-state index in [1.165, 1.54) is 191 Å². The van der Waals surface area contributed by atoms with Gasteiger partial charge in [-0.1, -0.05) is 182 Å². The van der Waals surface area contributed by atoms with Gasteiger partial charge in [-0.25, -0.2) is 0 Å². The molecule has 0 unspecified atom stereocenters. The van der Waals surface area contributed by atoms with Gasteiger partial charge in [-0.05, 0) is 60.6 Å². The Kier molecular flexibility index (Phi) is 31.9. The van der Waals surface area contributed by atoms with Crippen LogP contribution < -0.4 is 0 Å². The molecule has 0 amide bonds. The molecule has 0 saturated heterocycles. The van der Waals surface area contributed by atoms with Crippen LogP contribution in [0.4, 0.5) is 0 Å². The molecule has 0 bridgehead atoms. The van der Waals surface area contributed by atoms with Crippen LogP contribution in [0.3, 0.4) is 0 Å². The predicted molar refractivity (Wildman–Crippen MR) is 210 cm³/mol. The van der Waals surface area contributed by atoms with Crippen molar-refractivity contribution in [2.45, 2.75) is 222 Å². The van der Waals surface area contributed by atoms with Crippen LogP contribution in [0.1, 0.15) is 207 Å². The third-order valence-corrected chi connectivity index (χ3v) is 12.7. The van der Waals surface area contributed by atoms with Crippen LogP contribution in [0.15, 0.2) is 26.8 Å². The first-order valence-corrected chi connectivity index (χ1v) is 22.8. The van der Waals surface area contributed by atoms with Crippen molar-refractivity contribution in [2.24, 2.45) is 0 Å². The van der Waals surface area contributed by atoms with Crippen molar-refractivity contribution < 1.29 is 0 Å². The van der Waals surface area contributed by atoms with E-state index < -0.39 is 0 Å². The molecule has 1 aromatic rings. The molecular weight excluding hydrogens is 589 g/mol. The molecule has 0 aromatic heterocycles. The average Bonchev–Trinajstić information content (AvgIpc) is 3.04. The van der Waals surface area contributed by atoms with Crippen molar-refractivity contribution in [2.75, 3.05) is 17.3 Å². The van der Waals surface area contributed by atoms with Crippen molar-refractivity contribution in [3.05, 3.63) is 17.7 Å². The first kappa shape index (κ1) is 42.3. The highest BCUT2D eigenvalue weighted by Crippen LogP contribution is 2.41. The molecular formula is C41H76S3. The third kappa shape index (κ3) is 24.4. The van der Waals surface area contributed by atoms with Crippen LogP contribution in [-0.2, 0) is 6.42 Å². The van der Waals surface area contributed by atoms with Crippen LogP contribution in [-0.4, -0.2) is 17.3 Å². The Morgan fingerprint density at radius 2 is 0.614 bits per heavy atom. The number of aryl methyl sites for hydroxylation is 1. The second-order valence-corrected chi connectivity index (χ2v) is 16.7. The normalized spacial score (nSPS) is 11.5. The summed E-state index contributed by atoms with van der Waals surface area (Å²) in [5.74, 6) is 3.87. The Morgan fingerprint density at radius 3 is 0.909 bits per heavy atom. The highest BCUT2D eigenvalue weighted by Gasteiger charge is 2.13. The van der Waals surface area contributed by atoms with E-state index in [-0.39, 0.29) is 0 Å². The van der Waals surface area contributed by atoms with E-state index in [4.69, 9.17) is 0 Å². The maximum Gasteiger partial charge on any atom is 0.0344 e. The average molecular weight is 665 g/mol. The van der Waals surface area contributed by atoms with Gasteiger partial charge in [0.2, 0.25) is 0 Å². The van der Waals surface area contributed by atoms with Crippen LogP contribution in [0.2, 0.25) is 0 Å². The Balaban J connectivity index is 2.57. The second-order valence-electron chi connectivity index (χ2n) is 13.3. The monoisotopic (exact) mass is 665 g/mol. The summed E-state index contributed by atoms with van der Waals surface area (Å²) < 4.78 is 0. The van der Waals surface area contributed by atoms with Crippen molar-refractivity contribution >= 4 is 35.3 Å². The molecule has 0 saturated carbocycles. The van der Waals surface area contributed by atoms with E-state index in [9.17, 15) is 0 Å². The fourth-order valence-electron chi connectivity index (χ4n) is 5.97. The van der Waals surface area contributed by atoms with Gasteiger partial charge in [0.15, 0.2) is 0 Å². The van der Waals surface area contributed by atoms with Gasteiger partial charge in [0.1, 0.15) is 0 Å². The summed E-state index contributed by atoms with van der Waals surface area (Å²) in [6.45, 7) is 9.29. The first-order valence-electron chi connectivity index (χ1n) is 19.8. The largest absolute Gasteiger partial charge is 0.125 e. The minimum atomic E-state index is 1.15. The van der Waals surface area contributed by atoms with E-state index in [1.807, 2.05) is 0 Å². The Labute approximate surface area is 291 Å². The summed E-state index contributed by atoms with van der Waals surface area (Å²) in [6.07, 6.45) is 39.5. The summed E-state index contributed by atoms with van der Waals surface area (Å²) in [5.41, 5.74) is 1.54. The number of unbranched alkanes of at least 4 members (excludes halogenated alkanes) is 24. The van der Waals surface area contributed by atoms with Crippen molar-refractivity contribution in [1.82, 2.24) is 0 Å². The Bertz CT molecular complexity index is 686. The Morgan fingerprint density at radius 1 is 0.341 bits per heavy atom. The fourth-order valence-corrected chi connectivity index (χ4v) is 9.78. The van der Waals surface area contributed by atoms with Crippen molar-refractivity contribution in [3.8, 4) is 0 Å². The molecule has 0 atom stereocenters. The van der Waals surface area contributed by atoms with Crippen molar-refractivity contribution in [3.63, 3.8) is 0 Å². The van der Waals surface area contributed by atoms with Crippen LogP contribution in [0.25, 0.3) is 0 Å². The lowest BCUT2D eigenvalue weighted by molar-refractivity contribution is 0.573. The predicted octanol–water partition coefficient (Wildman–Crippen LogP) is 16.1. The maximum absolute atomic E-state index is 2.56.